The van der Waals surface area contributed by atoms with Crippen LogP contribution in [-0.4, -0.2) is 94.4 Å². The molecule has 14 heteroatoms. The Balaban J connectivity index is 3.11. The molecule has 0 aliphatic rings. The molecule has 12 nitrogen and oxygen atoms in total. The van der Waals surface area contributed by atoms with Crippen LogP contribution in [0.4, 0.5) is 0 Å². The summed E-state index contributed by atoms with van der Waals surface area (Å²) in [6.07, 6.45) is -1.83. The molecule has 2 amide bonds. The Morgan fingerprint density at radius 2 is 1.25 bits per heavy atom. The summed E-state index contributed by atoms with van der Waals surface area (Å²) < 4.78 is 10.7. The van der Waals surface area contributed by atoms with Gasteiger partial charge in [-0.1, -0.05) is 37.4 Å². The zero-order valence-corrected chi connectivity index (χ0v) is 17.1. The SMILES string of the molecule is C=CC(=O)NC(CO)C(O)OB(OC(O)C(CO)NC(=O)C=C)c1ccc(B(O)O)cc1. The van der Waals surface area contributed by atoms with Crippen LogP contribution in [0.15, 0.2) is 49.6 Å². The summed E-state index contributed by atoms with van der Waals surface area (Å²) in [5.74, 6) is -1.39. The van der Waals surface area contributed by atoms with Gasteiger partial charge in [-0.15, -0.1) is 0 Å². The lowest BCUT2D eigenvalue weighted by atomic mass is 9.74. The van der Waals surface area contributed by atoms with Crippen LogP contribution < -0.4 is 21.6 Å². The van der Waals surface area contributed by atoms with Crippen LogP contribution in [0, 0.1) is 0 Å². The number of hydrogen-bond acceptors (Lipinski definition) is 10. The third kappa shape index (κ3) is 8.53. The predicted octanol–water partition coefficient (Wildman–Crippen LogP) is -4.94. The molecule has 0 saturated carbocycles. The van der Waals surface area contributed by atoms with E-state index in [1.165, 1.54) is 24.3 Å². The standard InChI is InChI=1S/C18H26B2N2O10/c1-3-15(25)21-13(9-23)17(27)31-20(12-7-5-11(6-8-12)19(29)30)32-18(28)14(10-24)22-16(26)4-2/h3-8,13-14,17-18,23-24,27-30H,1-2,9-10H2,(H,21,25)(H,22,26). The summed E-state index contributed by atoms with van der Waals surface area (Å²) in [6.45, 7) is 5.07. The number of carbonyl (C=O) groups is 2. The van der Waals surface area contributed by atoms with E-state index in [0.717, 1.165) is 12.2 Å². The van der Waals surface area contributed by atoms with Crippen molar-refractivity contribution in [3.05, 3.63) is 49.6 Å². The molecule has 0 aliphatic heterocycles. The van der Waals surface area contributed by atoms with Crippen molar-refractivity contribution in [2.75, 3.05) is 13.2 Å². The maximum absolute atomic E-state index is 11.5. The van der Waals surface area contributed by atoms with Gasteiger partial charge in [0.05, 0.1) is 13.2 Å². The zero-order chi connectivity index (χ0) is 24.3. The Hall–Kier alpha value is -2.55. The van der Waals surface area contributed by atoms with Crippen molar-refractivity contribution in [3.63, 3.8) is 0 Å². The molecule has 4 unspecified atom stereocenters. The molecule has 0 saturated heterocycles. The number of hydrogen-bond donors (Lipinski definition) is 8. The Labute approximate surface area is 185 Å². The molecule has 1 aromatic carbocycles. The zero-order valence-electron chi connectivity index (χ0n) is 17.1. The van der Waals surface area contributed by atoms with Crippen LogP contribution in [-0.2, 0) is 18.9 Å². The largest absolute Gasteiger partial charge is 0.497 e. The summed E-state index contributed by atoms with van der Waals surface area (Å²) >= 11 is 0. The fourth-order valence-corrected chi connectivity index (χ4v) is 2.35. The summed E-state index contributed by atoms with van der Waals surface area (Å²) in [7, 11) is -3.30. The van der Waals surface area contributed by atoms with Crippen molar-refractivity contribution >= 4 is 37.0 Å². The molecule has 8 N–H and O–H groups in total. The second-order valence-corrected chi connectivity index (χ2v) is 6.43. The second-order valence-electron chi connectivity index (χ2n) is 6.43. The van der Waals surface area contributed by atoms with Crippen LogP contribution in [0.5, 0.6) is 0 Å². The molecule has 0 fully saturated rings. The average Bonchev–Trinajstić information content (AvgIpc) is 2.79. The van der Waals surface area contributed by atoms with E-state index < -0.39 is 63.9 Å². The first kappa shape index (κ1) is 27.5. The van der Waals surface area contributed by atoms with Crippen LogP contribution in [0.3, 0.4) is 0 Å². The molecule has 1 aromatic rings. The molecule has 0 aliphatic carbocycles. The number of carbonyl (C=O) groups excluding carboxylic acids is 2. The monoisotopic (exact) mass is 452 g/mol. The maximum Gasteiger partial charge on any atom is 0.497 e. The summed E-state index contributed by atoms with van der Waals surface area (Å²) in [6, 6.07) is 2.71. The first-order valence-corrected chi connectivity index (χ1v) is 9.37. The smallest absolute Gasteiger partial charge is 0.423 e. The topological polar surface area (TPSA) is 198 Å². The average molecular weight is 452 g/mol. The molecule has 0 heterocycles. The van der Waals surface area contributed by atoms with Gasteiger partial charge in [0.1, 0.15) is 12.1 Å². The molecule has 4 atom stereocenters. The molecule has 0 spiro atoms. The highest BCUT2D eigenvalue weighted by Crippen LogP contribution is 2.06. The van der Waals surface area contributed by atoms with Crippen molar-refractivity contribution < 1.29 is 49.4 Å². The van der Waals surface area contributed by atoms with Crippen LogP contribution in [0.1, 0.15) is 0 Å². The van der Waals surface area contributed by atoms with Crippen molar-refractivity contribution in [3.8, 4) is 0 Å². The maximum atomic E-state index is 11.5. The van der Waals surface area contributed by atoms with Crippen LogP contribution in [0.25, 0.3) is 0 Å². The minimum atomic E-state index is -1.83. The third-order valence-electron chi connectivity index (χ3n) is 4.14. The number of benzene rings is 1. The first-order chi connectivity index (χ1) is 15.2. The Morgan fingerprint density at radius 1 is 0.875 bits per heavy atom. The van der Waals surface area contributed by atoms with Gasteiger partial charge in [0.15, 0.2) is 12.6 Å². The molecule has 0 radical (unpaired) electrons. The van der Waals surface area contributed by atoms with Gasteiger partial charge >= 0.3 is 14.2 Å². The van der Waals surface area contributed by atoms with E-state index in [1.54, 1.807) is 0 Å². The van der Waals surface area contributed by atoms with Crippen molar-refractivity contribution in [1.82, 2.24) is 10.6 Å². The lowest BCUT2D eigenvalue weighted by Crippen LogP contribution is -2.54. The molecular weight excluding hydrogens is 426 g/mol. The van der Waals surface area contributed by atoms with Gasteiger partial charge < -0.3 is 50.4 Å². The van der Waals surface area contributed by atoms with Crippen molar-refractivity contribution in [1.29, 1.82) is 0 Å². The van der Waals surface area contributed by atoms with E-state index in [4.69, 9.17) is 9.31 Å². The van der Waals surface area contributed by atoms with Crippen LogP contribution >= 0.6 is 0 Å². The van der Waals surface area contributed by atoms with Gasteiger partial charge in [0.2, 0.25) is 11.8 Å². The normalized spacial score (nSPS) is 14.4. The van der Waals surface area contributed by atoms with E-state index in [-0.39, 0.29) is 10.9 Å². The number of aliphatic hydroxyl groups excluding tert-OH is 4. The summed E-state index contributed by atoms with van der Waals surface area (Å²) in [4.78, 5) is 23.0. The molecule has 0 bridgehead atoms. The quantitative estimate of drug-likeness (QED) is 0.0769. The lowest BCUT2D eigenvalue weighted by Gasteiger charge is -2.29. The molecular formula is C18H26B2N2O10. The molecule has 174 valence electrons. The number of rotatable bonds is 14. The number of amides is 2. The molecule has 0 aromatic heterocycles. The van der Waals surface area contributed by atoms with E-state index in [0.29, 0.717) is 0 Å². The Morgan fingerprint density at radius 3 is 1.56 bits per heavy atom. The fraction of sp³-hybridized carbons (Fsp3) is 0.333. The highest BCUT2D eigenvalue weighted by Gasteiger charge is 2.34. The minimum absolute atomic E-state index is 0.131. The van der Waals surface area contributed by atoms with E-state index >= 15 is 0 Å². The van der Waals surface area contributed by atoms with Crippen molar-refractivity contribution in [2.45, 2.75) is 24.7 Å². The van der Waals surface area contributed by atoms with E-state index in [2.05, 4.69) is 23.8 Å². The van der Waals surface area contributed by atoms with Gasteiger partial charge in [-0.2, -0.15) is 0 Å². The van der Waals surface area contributed by atoms with Crippen LogP contribution in [0.2, 0.25) is 0 Å². The third-order valence-corrected chi connectivity index (χ3v) is 4.14. The highest BCUT2D eigenvalue weighted by molar-refractivity contribution is 6.62. The summed E-state index contributed by atoms with van der Waals surface area (Å²) in [5, 5.41) is 62.4. The minimum Gasteiger partial charge on any atom is -0.423 e. The Bertz CT molecular complexity index is 727. The van der Waals surface area contributed by atoms with Gasteiger partial charge in [0.25, 0.3) is 0 Å². The molecule has 1 rings (SSSR count). The number of aliphatic hydroxyl groups is 4. The molecule has 32 heavy (non-hydrogen) atoms. The second kappa shape index (κ2) is 13.8. The van der Waals surface area contributed by atoms with Gasteiger partial charge in [0, 0.05) is 0 Å². The fourth-order valence-electron chi connectivity index (χ4n) is 2.35. The summed E-state index contributed by atoms with van der Waals surface area (Å²) in [5.41, 5.74) is 0.303. The van der Waals surface area contributed by atoms with E-state index in [1.807, 2.05) is 0 Å². The van der Waals surface area contributed by atoms with Gasteiger partial charge in [-0.25, -0.2) is 0 Å². The van der Waals surface area contributed by atoms with E-state index in [9.17, 15) is 40.1 Å². The van der Waals surface area contributed by atoms with Gasteiger partial charge in [-0.05, 0) is 23.1 Å². The Kier molecular flexibility index (Phi) is 11.8. The predicted molar refractivity (Wildman–Crippen MR) is 114 cm³/mol. The lowest BCUT2D eigenvalue weighted by molar-refractivity contribution is -0.130. The first-order valence-electron chi connectivity index (χ1n) is 9.37. The number of nitrogens with one attached hydrogen (secondary N) is 2. The van der Waals surface area contributed by atoms with Gasteiger partial charge in [-0.3, -0.25) is 9.59 Å². The highest BCUT2D eigenvalue weighted by atomic mass is 16.7. The van der Waals surface area contributed by atoms with Crippen molar-refractivity contribution in [2.24, 2.45) is 0 Å².